The molecule has 1 aromatic carbocycles. The number of benzene rings is 1. The predicted molar refractivity (Wildman–Crippen MR) is 83.3 cm³/mol. The summed E-state index contributed by atoms with van der Waals surface area (Å²) in [6, 6.07) is 9.71. The normalized spacial score (nSPS) is 17.4. The standard InChI is InChI=1S/C16H21N3O/c1-19-8-6-12(7-9-19)11-17-15-10-13-4-2-3-5-14(13)16(20)18-15/h2-5,10,12H,6-9,11H2,1H3,(H2,17,18,20). The van der Waals surface area contributed by atoms with Gasteiger partial charge in [-0.05, 0) is 56.4 Å². The number of likely N-dealkylation sites (tertiary alicyclic amines) is 1. The summed E-state index contributed by atoms with van der Waals surface area (Å²) in [5.74, 6) is 1.52. The molecule has 0 bridgehead atoms. The highest BCUT2D eigenvalue weighted by atomic mass is 16.1. The number of rotatable bonds is 3. The number of aromatic amines is 1. The first-order valence-corrected chi connectivity index (χ1v) is 7.27. The maximum absolute atomic E-state index is 12.0. The first kappa shape index (κ1) is 13.2. The maximum atomic E-state index is 12.0. The van der Waals surface area contributed by atoms with Gasteiger partial charge in [0.2, 0.25) is 0 Å². The SMILES string of the molecule is CN1CCC(CNc2cc3ccccc3c(=O)[nH]2)CC1. The Labute approximate surface area is 118 Å². The Morgan fingerprint density at radius 3 is 2.85 bits per heavy atom. The van der Waals surface area contributed by atoms with E-state index in [2.05, 4.69) is 22.2 Å². The van der Waals surface area contributed by atoms with Crippen LogP contribution < -0.4 is 10.9 Å². The van der Waals surface area contributed by atoms with Crippen LogP contribution in [0.2, 0.25) is 0 Å². The molecule has 0 amide bonds. The number of hydrogen-bond acceptors (Lipinski definition) is 3. The molecule has 3 rings (SSSR count). The number of nitrogens with zero attached hydrogens (tertiary/aromatic N) is 1. The number of aromatic nitrogens is 1. The van der Waals surface area contributed by atoms with Gasteiger partial charge in [0.05, 0.1) is 0 Å². The van der Waals surface area contributed by atoms with Crippen molar-refractivity contribution >= 4 is 16.6 Å². The molecule has 0 spiro atoms. The minimum absolute atomic E-state index is 0.0195. The molecule has 0 unspecified atom stereocenters. The Bertz CT molecular complexity index is 641. The lowest BCUT2D eigenvalue weighted by atomic mass is 9.97. The molecule has 0 atom stereocenters. The molecule has 4 nitrogen and oxygen atoms in total. The van der Waals surface area contributed by atoms with Crippen LogP contribution in [0.3, 0.4) is 0 Å². The number of hydrogen-bond donors (Lipinski definition) is 2. The summed E-state index contributed by atoms with van der Waals surface area (Å²) < 4.78 is 0. The van der Waals surface area contributed by atoms with Gasteiger partial charge in [-0.2, -0.15) is 0 Å². The van der Waals surface area contributed by atoms with Gasteiger partial charge >= 0.3 is 0 Å². The van der Waals surface area contributed by atoms with E-state index >= 15 is 0 Å². The topological polar surface area (TPSA) is 48.1 Å². The fraction of sp³-hybridized carbons (Fsp3) is 0.438. The second-order valence-corrected chi connectivity index (χ2v) is 5.73. The first-order chi connectivity index (χ1) is 9.72. The summed E-state index contributed by atoms with van der Waals surface area (Å²) in [5, 5.41) is 5.12. The van der Waals surface area contributed by atoms with Crippen LogP contribution in [0, 0.1) is 5.92 Å². The van der Waals surface area contributed by atoms with E-state index < -0.39 is 0 Å². The van der Waals surface area contributed by atoms with E-state index in [1.807, 2.05) is 30.3 Å². The van der Waals surface area contributed by atoms with Crippen LogP contribution in [0.5, 0.6) is 0 Å². The van der Waals surface area contributed by atoms with E-state index in [9.17, 15) is 4.79 Å². The van der Waals surface area contributed by atoms with Crippen LogP contribution in [0.1, 0.15) is 12.8 Å². The molecule has 2 heterocycles. The molecule has 1 aromatic heterocycles. The van der Waals surface area contributed by atoms with Gasteiger partial charge in [-0.3, -0.25) is 4.79 Å². The number of pyridine rings is 1. The maximum Gasteiger partial charge on any atom is 0.257 e. The Morgan fingerprint density at radius 1 is 1.30 bits per heavy atom. The summed E-state index contributed by atoms with van der Waals surface area (Å²) in [7, 11) is 2.17. The zero-order valence-electron chi connectivity index (χ0n) is 11.9. The quantitative estimate of drug-likeness (QED) is 0.900. The van der Waals surface area contributed by atoms with E-state index in [-0.39, 0.29) is 5.56 Å². The summed E-state index contributed by atoms with van der Waals surface area (Å²) in [6.45, 7) is 3.27. The van der Waals surface area contributed by atoms with Gasteiger partial charge in [0.1, 0.15) is 5.82 Å². The summed E-state index contributed by atoms with van der Waals surface area (Å²) in [6.07, 6.45) is 2.45. The molecule has 2 aromatic rings. The highest BCUT2D eigenvalue weighted by Crippen LogP contribution is 2.17. The van der Waals surface area contributed by atoms with Crippen molar-refractivity contribution in [3.8, 4) is 0 Å². The van der Waals surface area contributed by atoms with Crippen LogP contribution in [0.15, 0.2) is 35.1 Å². The van der Waals surface area contributed by atoms with E-state index in [0.29, 0.717) is 5.92 Å². The van der Waals surface area contributed by atoms with Crippen LogP contribution in [-0.2, 0) is 0 Å². The molecule has 2 N–H and O–H groups in total. The second kappa shape index (κ2) is 5.67. The van der Waals surface area contributed by atoms with Crippen molar-refractivity contribution in [2.45, 2.75) is 12.8 Å². The number of anilines is 1. The molecule has 4 heteroatoms. The summed E-state index contributed by atoms with van der Waals surface area (Å²) >= 11 is 0. The third-order valence-corrected chi connectivity index (χ3v) is 4.17. The third kappa shape index (κ3) is 2.85. The van der Waals surface area contributed by atoms with E-state index in [1.165, 1.54) is 25.9 Å². The lowest BCUT2D eigenvalue weighted by molar-refractivity contribution is 0.226. The molecule has 20 heavy (non-hydrogen) atoms. The number of fused-ring (bicyclic) bond motifs is 1. The van der Waals surface area contributed by atoms with Gasteiger partial charge in [0.25, 0.3) is 5.56 Å². The van der Waals surface area contributed by atoms with Crippen molar-refractivity contribution in [2.24, 2.45) is 5.92 Å². The second-order valence-electron chi connectivity index (χ2n) is 5.73. The largest absolute Gasteiger partial charge is 0.371 e. The first-order valence-electron chi connectivity index (χ1n) is 7.27. The summed E-state index contributed by atoms with van der Waals surface area (Å²) in [5.41, 5.74) is -0.0195. The van der Waals surface area contributed by atoms with Crippen LogP contribution in [-0.4, -0.2) is 36.6 Å². The Hall–Kier alpha value is -1.81. The highest BCUT2D eigenvalue weighted by Gasteiger charge is 2.16. The van der Waals surface area contributed by atoms with Gasteiger partial charge in [-0.25, -0.2) is 0 Å². The minimum Gasteiger partial charge on any atom is -0.371 e. The van der Waals surface area contributed by atoms with Crippen molar-refractivity contribution in [1.82, 2.24) is 9.88 Å². The van der Waals surface area contributed by atoms with Crippen LogP contribution in [0.4, 0.5) is 5.82 Å². The zero-order chi connectivity index (χ0) is 13.9. The van der Waals surface area contributed by atoms with Crippen molar-refractivity contribution in [2.75, 3.05) is 32.0 Å². The van der Waals surface area contributed by atoms with Gasteiger partial charge in [-0.1, -0.05) is 18.2 Å². The Morgan fingerprint density at radius 2 is 2.05 bits per heavy atom. The van der Waals surface area contributed by atoms with Gasteiger partial charge in [-0.15, -0.1) is 0 Å². The number of H-pyrrole nitrogens is 1. The molecule has 106 valence electrons. The highest BCUT2D eigenvalue weighted by molar-refractivity contribution is 5.83. The van der Waals surface area contributed by atoms with Gasteiger partial charge in [0, 0.05) is 11.9 Å². The monoisotopic (exact) mass is 271 g/mol. The fourth-order valence-electron chi connectivity index (χ4n) is 2.83. The molecule has 1 saturated heterocycles. The van der Waals surface area contributed by atoms with Crippen LogP contribution in [0.25, 0.3) is 10.8 Å². The molecule has 1 fully saturated rings. The third-order valence-electron chi connectivity index (χ3n) is 4.17. The number of piperidine rings is 1. The molecular formula is C16H21N3O. The van der Waals surface area contributed by atoms with Crippen molar-refractivity contribution in [3.63, 3.8) is 0 Å². The van der Waals surface area contributed by atoms with E-state index in [0.717, 1.165) is 23.1 Å². The van der Waals surface area contributed by atoms with Gasteiger partial charge < -0.3 is 15.2 Å². The molecule has 0 saturated carbocycles. The summed E-state index contributed by atoms with van der Waals surface area (Å²) in [4.78, 5) is 17.3. The van der Waals surface area contributed by atoms with Crippen molar-refractivity contribution in [1.29, 1.82) is 0 Å². The average Bonchev–Trinajstić information content (AvgIpc) is 2.47. The van der Waals surface area contributed by atoms with Crippen LogP contribution >= 0.6 is 0 Å². The zero-order valence-corrected chi connectivity index (χ0v) is 11.9. The van der Waals surface area contributed by atoms with Crippen molar-refractivity contribution in [3.05, 3.63) is 40.7 Å². The smallest absolute Gasteiger partial charge is 0.257 e. The molecular weight excluding hydrogens is 250 g/mol. The molecule has 1 aliphatic heterocycles. The lowest BCUT2D eigenvalue weighted by Gasteiger charge is -2.29. The Kier molecular flexibility index (Phi) is 3.74. The molecule has 0 radical (unpaired) electrons. The fourth-order valence-corrected chi connectivity index (χ4v) is 2.83. The number of nitrogens with one attached hydrogen (secondary N) is 2. The lowest BCUT2D eigenvalue weighted by Crippen LogP contribution is -2.33. The Balaban J connectivity index is 1.70. The molecule has 0 aliphatic carbocycles. The van der Waals surface area contributed by atoms with Crippen molar-refractivity contribution < 1.29 is 0 Å². The average molecular weight is 271 g/mol. The van der Waals surface area contributed by atoms with E-state index in [1.54, 1.807) is 0 Å². The molecule has 1 aliphatic rings. The van der Waals surface area contributed by atoms with Gasteiger partial charge in [0.15, 0.2) is 0 Å². The minimum atomic E-state index is -0.0195. The van der Waals surface area contributed by atoms with E-state index in [4.69, 9.17) is 0 Å². The predicted octanol–water partition coefficient (Wildman–Crippen LogP) is 2.28.